The Morgan fingerprint density at radius 3 is 3.17 bits per heavy atom. The summed E-state index contributed by atoms with van der Waals surface area (Å²) in [5.74, 6) is -0.918. The predicted molar refractivity (Wildman–Crippen MR) is 66.8 cm³/mol. The third kappa shape index (κ3) is 3.26. The summed E-state index contributed by atoms with van der Waals surface area (Å²) in [6, 6.07) is 4.39. The van der Waals surface area contributed by atoms with Gasteiger partial charge in [-0.05, 0) is 38.1 Å². The number of rotatable bonds is 3. The molecule has 1 aromatic rings. The fourth-order valence-corrected chi connectivity index (χ4v) is 2.25. The predicted octanol–water partition coefficient (Wildman–Crippen LogP) is 1.43. The number of nitrogens with one attached hydrogen (secondary N) is 1. The number of nitrogens with zero attached hydrogens (tertiary/aromatic N) is 2. The van der Waals surface area contributed by atoms with Gasteiger partial charge in [0, 0.05) is 12.6 Å². The molecule has 0 aliphatic carbocycles. The van der Waals surface area contributed by atoms with Gasteiger partial charge in [0.15, 0.2) is 0 Å². The van der Waals surface area contributed by atoms with E-state index < -0.39 is 5.95 Å². The van der Waals surface area contributed by atoms with Gasteiger partial charge in [-0.25, -0.2) is 4.98 Å². The number of pyridine rings is 1. The van der Waals surface area contributed by atoms with E-state index in [1.54, 1.807) is 0 Å². The largest absolute Gasteiger partial charge is 0.347 e. The standard InChI is InChI=1S/C13H18FN3O/c1-2-17-8-4-5-10(9-17)15-13(18)11-6-3-7-12(14)16-11/h3,6-7,10H,2,4-5,8-9H2,1H3,(H,15,18). The number of likely N-dealkylation sites (tertiary alicyclic amines) is 1. The van der Waals surface area contributed by atoms with E-state index in [1.165, 1.54) is 18.2 Å². The number of carbonyl (C=O) groups excluding carboxylic acids is 1. The summed E-state index contributed by atoms with van der Waals surface area (Å²) < 4.78 is 12.9. The fraction of sp³-hybridized carbons (Fsp3) is 0.538. The quantitative estimate of drug-likeness (QED) is 0.827. The highest BCUT2D eigenvalue weighted by Gasteiger charge is 2.21. The van der Waals surface area contributed by atoms with E-state index in [9.17, 15) is 9.18 Å². The number of carbonyl (C=O) groups is 1. The van der Waals surface area contributed by atoms with E-state index in [1.807, 2.05) is 0 Å². The summed E-state index contributed by atoms with van der Waals surface area (Å²) in [6.07, 6.45) is 2.05. The highest BCUT2D eigenvalue weighted by atomic mass is 19.1. The lowest BCUT2D eigenvalue weighted by Crippen LogP contribution is -2.47. The summed E-state index contributed by atoms with van der Waals surface area (Å²) in [5, 5.41) is 2.92. The van der Waals surface area contributed by atoms with E-state index in [0.717, 1.165) is 32.5 Å². The van der Waals surface area contributed by atoms with Crippen molar-refractivity contribution in [2.24, 2.45) is 0 Å². The number of halogens is 1. The molecule has 2 rings (SSSR count). The molecule has 1 aromatic heterocycles. The Labute approximate surface area is 106 Å². The second kappa shape index (κ2) is 5.91. The van der Waals surface area contributed by atoms with Gasteiger partial charge in [0.05, 0.1) is 0 Å². The second-order valence-corrected chi connectivity index (χ2v) is 4.55. The van der Waals surface area contributed by atoms with Crippen LogP contribution in [0.5, 0.6) is 0 Å². The van der Waals surface area contributed by atoms with Gasteiger partial charge in [-0.3, -0.25) is 4.79 Å². The van der Waals surface area contributed by atoms with Crippen molar-refractivity contribution in [1.82, 2.24) is 15.2 Å². The second-order valence-electron chi connectivity index (χ2n) is 4.55. The molecule has 1 atom stereocenters. The van der Waals surface area contributed by atoms with Crippen molar-refractivity contribution in [2.75, 3.05) is 19.6 Å². The molecule has 0 spiro atoms. The molecule has 1 amide bonds. The molecule has 1 N–H and O–H groups in total. The Morgan fingerprint density at radius 2 is 2.44 bits per heavy atom. The first kappa shape index (κ1) is 13.0. The molecule has 0 saturated carbocycles. The molecule has 2 heterocycles. The average Bonchev–Trinajstić information content (AvgIpc) is 2.39. The van der Waals surface area contributed by atoms with Gasteiger partial charge in [0.1, 0.15) is 5.69 Å². The normalized spacial score (nSPS) is 20.7. The van der Waals surface area contributed by atoms with E-state index in [4.69, 9.17) is 0 Å². The van der Waals surface area contributed by atoms with E-state index in [2.05, 4.69) is 22.1 Å². The maximum atomic E-state index is 12.9. The maximum absolute atomic E-state index is 12.9. The SMILES string of the molecule is CCN1CCCC(NC(=O)c2cccc(F)n2)C1. The molecule has 1 fully saturated rings. The van der Waals surface area contributed by atoms with Gasteiger partial charge in [-0.1, -0.05) is 13.0 Å². The monoisotopic (exact) mass is 251 g/mol. The van der Waals surface area contributed by atoms with Crippen molar-refractivity contribution in [3.63, 3.8) is 0 Å². The zero-order valence-corrected chi connectivity index (χ0v) is 10.5. The van der Waals surface area contributed by atoms with Gasteiger partial charge in [0.25, 0.3) is 5.91 Å². The number of hydrogen-bond acceptors (Lipinski definition) is 3. The minimum atomic E-state index is -0.624. The first-order valence-electron chi connectivity index (χ1n) is 6.35. The third-order valence-corrected chi connectivity index (χ3v) is 3.24. The van der Waals surface area contributed by atoms with Crippen LogP contribution in [0.25, 0.3) is 0 Å². The molecule has 1 aliphatic rings. The summed E-state index contributed by atoms with van der Waals surface area (Å²) in [7, 11) is 0. The Morgan fingerprint density at radius 1 is 1.61 bits per heavy atom. The molecule has 98 valence electrons. The molecule has 4 nitrogen and oxygen atoms in total. The van der Waals surface area contributed by atoms with Crippen molar-refractivity contribution < 1.29 is 9.18 Å². The Kier molecular flexibility index (Phi) is 4.25. The Balaban J connectivity index is 1.95. The molecule has 5 heteroatoms. The summed E-state index contributed by atoms with van der Waals surface area (Å²) in [4.78, 5) is 17.8. The number of piperidine rings is 1. The Hall–Kier alpha value is -1.49. The lowest BCUT2D eigenvalue weighted by atomic mass is 10.1. The van der Waals surface area contributed by atoms with Crippen LogP contribution < -0.4 is 5.32 Å². The van der Waals surface area contributed by atoms with Gasteiger partial charge >= 0.3 is 0 Å². The van der Waals surface area contributed by atoms with Crippen LogP contribution in [0.15, 0.2) is 18.2 Å². The Bertz CT molecular complexity index is 424. The molecule has 18 heavy (non-hydrogen) atoms. The third-order valence-electron chi connectivity index (χ3n) is 3.24. The van der Waals surface area contributed by atoms with E-state index in [0.29, 0.717) is 0 Å². The highest BCUT2D eigenvalue weighted by Crippen LogP contribution is 2.10. The van der Waals surface area contributed by atoms with Crippen LogP contribution in [-0.4, -0.2) is 41.5 Å². The molecular formula is C13H18FN3O. The first-order chi connectivity index (χ1) is 8.69. The zero-order valence-electron chi connectivity index (χ0n) is 10.5. The lowest BCUT2D eigenvalue weighted by Gasteiger charge is -2.32. The van der Waals surface area contributed by atoms with Crippen LogP contribution in [0.3, 0.4) is 0 Å². The summed E-state index contributed by atoms with van der Waals surface area (Å²) >= 11 is 0. The minimum Gasteiger partial charge on any atom is -0.347 e. The maximum Gasteiger partial charge on any atom is 0.270 e. The fourth-order valence-electron chi connectivity index (χ4n) is 2.25. The van der Waals surface area contributed by atoms with Crippen molar-refractivity contribution in [3.8, 4) is 0 Å². The summed E-state index contributed by atoms with van der Waals surface area (Å²) in [6.45, 7) is 5.04. The van der Waals surface area contributed by atoms with Crippen LogP contribution in [0.2, 0.25) is 0 Å². The van der Waals surface area contributed by atoms with Crippen molar-refractivity contribution in [1.29, 1.82) is 0 Å². The number of likely N-dealkylation sites (N-methyl/N-ethyl adjacent to an activating group) is 1. The van der Waals surface area contributed by atoms with Crippen LogP contribution in [0.1, 0.15) is 30.3 Å². The van der Waals surface area contributed by atoms with Crippen LogP contribution in [0.4, 0.5) is 4.39 Å². The number of aromatic nitrogens is 1. The number of amides is 1. The molecule has 1 aliphatic heterocycles. The minimum absolute atomic E-state index is 0.135. The van der Waals surface area contributed by atoms with Gasteiger partial charge in [0.2, 0.25) is 5.95 Å². The van der Waals surface area contributed by atoms with Gasteiger partial charge in [-0.15, -0.1) is 0 Å². The molecule has 1 unspecified atom stereocenters. The molecule has 0 bridgehead atoms. The zero-order chi connectivity index (χ0) is 13.0. The smallest absolute Gasteiger partial charge is 0.270 e. The van der Waals surface area contributed by atoms with Crippen LogP contribution in [-0.2, 0) is 0 Å². The lowest BCUT2D eigenvalue weighted by molar-refractivity contribution is 0.0899. The number of hydrogen-bond donors (Lipinski definition) is 1. The van der Waals surface area contributed by atoms with Crippen molar-refractivity contribution >= 4 is 5.91 Å². The first-order valence-corrected chi connectivity index (χ1v) is 6.35. The average molecular weight is 251 g/mol. The van der Waals surface area contributed by atoms with Crippen molar-refractivity contribution in [2.45, 2.75) is 25.8 Å². The molecule has 1 saturated heterocycles. The van der Waals surface area contributed by atoms with E-state index in [-0.39, 0.29) is 17.6 Å². The molecule has 0 radical (unpaired) electrons. The molecular weight excluding hydrogens is 233 g/mol. The van der Waals surface area contributed by atoms with Gasteiger partial charge in [-0.2, -0.15) is 4.39 Å². The van der Waals surface area contributed by atoms with Crippen LogP contribution >= 0.6 is 0 Å². The summed E-state index contributed by atoms with van der Waals surface area (Å²) in [5.41, 5.74) is 0.142. The van der Waals surface area contributed by atoms with Crippen LogP contribution in [0, 0.1) is 5.95 Å². The van der Waals surface area contributed by atoms with E-state index >= 15 is 0 Å². The molecule has 0 aromatic carbocycles. The van der Waals surface area contributed by atoms with Gasteiger partial charge < -0.3 is 10.2 Å². The van der Waals surface area contributed by atoms with Crippen molar-refractivity contribution in [3.05, 3.63) is 29.8 Å². The topological polar surface area (TPSA) is 45.2 Å². The highest BCUT2D eigenvalue weighted by molar-refractivity contribution is 5.92.